The van der Waals surface area contributed by atoms with Crippen molar-refractivity contribution in [2.45, 2.75) is 22.8 Å². The van der Waals surface area contributed by atoms with Crippen LogP contribution in [0.5, 0.6) is 0 Å². The van der Waals surface area contributed by atoms with Crippen LogP contribution in [0.2, 0.25) is 0 Å². The highest BCUT2D eigenvalue weighted by Crippen LogP contribution is 2.30. The topological polar surface area (TPSA) is 70.4 Å². The Balaban J connectivity index is 1.68. The minimum atomic E-state index is -0.854. The summed E-state index contributed by atoms with van der Waals surface area (Å²) in [6.07, 6.45) is 2.35. The molecule has 4 aromatic rings. The summed E-state index contributed by atoms with van der Waals surface area (Å²) in [5, 5.41) is 12.6. The average molecular weight is 363 g/mol. The normalized spacial score (nSPS) is 12.4. The maximum atomic E-state index is 12.4. The first-order chi connectivity index (χ1) is 12.6. The molecule has 0 saturated carbocycles. The number of nitrogens with one attached hydrogen (secondary N) is 1. The summed E-state index contributed by atoms with van der Waals surface area (Å²) in [4.78, 5) is 19.1. The first-order valence-electron chi connectivity index (χ1n) is 8.24. The Kier molecular flexibility index (Phi) is 4.36. The lowest BCUT2D eigenvalue weighted by Gasteiger charge is -2.05. The van der Waals surface area contributed by atoms with E-state index in [1.54, 1.807) is 24.9 Å². The van der Waals surface area contributed by atoms with Crippen LogP contribution in [0.25, 0.3) is 16.8 Å². The molecular formula is C20H17N3O2S. The Morgan fingerprint density at radius 2 is 1.77 bits per heavy atom. The van der Waals surface area contributed by atoms with E-state index in [2.05, 4.69) is 34.3 Å². The van der Waals surface area contributed by atoms with Gasteiger partial charge in [-0.05, 0) is 36.8 Å². The molecule has 5 nitrogen and oxygen atoms in total. The number of H-pyrrole nitrogens is 1. The molecule has 0 radical (unpaired) electrons. The Bertz CT molecular complexity index is 1100. The summed E-state index contributed by atoms with van der Waals surface area (Å²) in [6, 6.07) is 18.3. The van der Waals surface area contributed by atoms with Crippen molar-refractivity contribution in [2.24, 2.45) is 0 Å². The minimum Gasteiger partial charge on any atom is -0.388 e. The zero-order chi connectivity index (χ0) is 18.1. The zero-order valence-corrected chi connectivity index (χ0v) is 14.9. The van der Waals surface area contributed by atoms with Crippen LogP contribution in [-0.4, -0.2) is 19.7 Å². The van der Waals surface area contributed by atoms with E-state index < -0.39 is 6.10 Å². The second-order valence-corrected chi connectivity index (χ2v) is 7.13. The van der Waals surface area contributed by atoms with Gasteiger partial charge >= 0.3 is 0 Å². The Hall–Kier alpha value is -2.83. The van der Waals surface area contributed by atoms with E-state index in [0.717, 1.165) is 16.0 Å². The molecule has 2 heterocycles. The van der Waals surface area contributed by atoms with Crippen molar-refractivity contribution in [2.75, 3.05) is 0 Å². The summed E-state index contributed by atoms with van der Waals surface area (Å²) in [6.45, 7) is 1.55. The molecule has 1 unspecified atom stereocenters. The van der Waals surface area contributed by atoms with Gasteiger partial charge in [-0.2, -0.15) is 0 Å². The third kappa shape index (κ3) is 3.05. The van der Waals surface area contributed by atoms with Gasteiger partial charge in [-0.3, -0.25) is 9.89 Å². The van der Waals surface area contributed by atoms with Gasteiger partial charge in [-0.1, -0.05) is 42.1 Å². The molecule has 0 aliphatic rings. The molecule has 4 rings (SSSR count). The van der Waals surface area contributed by atoms with Crippen LogP contribution in [0, 0.1) is 0 Å². The second-order valence-electron chi connectivity index (χ2n) is 5.98. The Morgan fingerprint density at radius 1 is 1.08 bits per heavy atom. The zero-order valence-electron chi connectivity index (χ0n) is 14.1. The monoisotopic (exact) mass is 363 g/mol. The van der Waals surface area contributed by atoms with Gasteiger partial charge in [0.1, 0.15) is 0 Å². The predicted molar refractivity (Wildman–Crippen MR) is 102 cm³/mol. The van der Waals surface area contributed by atoms with Crippen molar-refractivity contribution in [1.29, 1.82) is 0 Å². The smallest absolute Gasteiger partial charge is 0.278 e. The third-order valence-electron chi connectivity index (χ3n) is 4.16. The molecule has 1 atom stereocenters. The summed E-state index contributed by atoms with van der Waals surface area (Å²) < 4.78 is 1.37. The summed E-state index contributed by atoms with van der Waals surface area (Å²) in [5.41, 5.74) is 2.34. The molecule has 130 valence electrons. The van der Waals surface area contributed by atoms with Gasteiger partial charge in [0.2, 0.25) is 0 Å². The van der Waals surface area contributed by atoms with Gasteiger partial charge in [0.15, 0.2) is 5.65 Å². The molecule has 2 aromatic carbocycles. The second kappa shape index (κ2) is 6.82. The molecule has 0 bridgehead atoms. The number of benzene rings is 2. The van der Waals surface area contributed by atoms with E-state index in [0.29, 0.717) is 5.65 Å². The predicted octanol–water partition coefficient (Wildman–Crippen LogP) is 3.89. The lowest BCUT2D eigenvalue weighted by atomic mass is 10.1. The van der Waals surface area contributed by atoms with Crippen LogP contribution >= 0.6 is 11.8 Å². The van der Waals surface area contributed by atoms with Crippen LogP contribution in [0.4, 0.5) is 0 Å². The molecule has 0 spiro atoms. The number of fused-ring (bicyclic) bond motifs is 1. The van der Waals surface area contributed by atoms with Gasteiger partial charge in [-0.15, -0.1) is 0 Å². The maximum absolute atomic E-state index is 12.4. The molecule has 0 saturated heterocycles. The number of hydrogen-bond donors (Lipinski definition) is 2. The third-order valence-corrected chi connectivity index (χ3v) is 5.18. The molecule has 0 aliphatic carbocycles. The minimum absolute atomic E-state index is 0.269. The van der Waals surface area contributed by atoms with Gasteiger partial charge in [0.05, 0.1) is 11.7 Å². The SMILES string of the molecule is CC(O)c1cnc2c(-c3ccc(Sc4ccccc4)cc3)c[nH]n2c1=O. The Morgan fingerprint density at radius 3 is 2.46 bits per heavy atom. The van der Waals surface area contributed by atoms with E-state index in [9.17, 15) is 9.90 Å². The summed E-state index contributed by atoms with van der Waals surface area (Å²) in [7, 11) is 0. The molecular weight excluding hydrogens is 346 g/mol. The number of rotatable bonds is 4. The molecule has 2 N–H and O–H groups in total. The van der Waals surface area contributed by atoms with Crippen molar-refractivity contribution < 1.29 is 5.11 Å². The lowest BCUT2D eigenvalue weighted by Crippen LogP contribution is -2.21. The molecule has 6 heteroatoms. The first kappa shape index (κ1) is 16.6. The molecule has 0 aliphatic heterocycles. The van der Waals surface area contributed by atoms with E-state index >= 15 is 0 Å². The number of aromatic amines is 1. The fourth-order valence-corrected chi connectivity index (χ4v) is 3.64. The van der Waals surface area contributed by atoms with Crippen LogP contribution < -0.4 is 5.56 Å². The number of aromatic nitrogens is 3. The largest absolute Gasteiger partial charge is 0.388 e. The van der Waals surface area contributed by atoms with E-state index in [1.807, 2.05) is 30.3 Å². The standard InChI is InChI=1S/C20H17N3O2S/c1-13(24)17-11-21-19-18(12-22-23(19)20(17)25)14-7-9-16(10-8-14)26-15-5-3-2-4-6-15/h2-13,22,24H,1H3. The highest BCUT2D eigenvalue weighted by molar-refractivity contribution is 7.99. The van der Waals surface area contributed by atoms with Gasteiger partial charge in [0.25, 0.3) is 5.56 Å². The molecule has 0 amide bonds. The molecule has 26 heavy (non-hydrogen) atoms. The van der Waals surface area contributed by atoms with Crippen molar-refractivity contribution in [3.8, 4) is 11.1 Å². The number of hydrogen-bond acceptors (Lipinski definition) is 4. The quantitative estimate of drug-likeness (QED) is 0.577. The summed E-state index contributed by atoms with van der Waals surface area (Å²) in [5.74, 6) is 0. The molecule has 2 aromatic heterocycles. The number of aliphatic hydroxyl groups excluding tert-OH is 1. The van der Waals surface area contributed by atoms with Gasteiger partial charge < -0.3 is 5.11 Å². The van der Waals surface area contributed by atoms with Crippen LogP contribution in [0.1, 0.15) is 18.6 Å². The molecule has 0 fully saturated rings. The van der Waals surface area contributed by atoms with Crippen molar-refractivity contribution in [3.05, 3.63) is 82.9 Å². The van der Waals surface area contributed by atoms with E-state index in [-0.39, 0.29) is 11.1 Å². The summed E-state index contributed by atoms with van der Waals surface area (Å²) >= 11 is 1.70. The fourth-order valence-electron chi connectivity index (χ4n) is 2.80. The maximum Gasteiger partial charge on any atom is 0.278 e. The van der Waals surface area contributed by atoms with E-state index in [4.69, 9.17) is 0 Å². The van der Waals surface area contributed by atoms with Crippen LogP contribution in [-0.2, 0) is 0 Å². The average Bonchev–Trinajstić information content (AvgIpc) is 3.08. The number of aliphatic hydroxyl groups is 1. The number of nitrogens with zero attached hydrogens (tertiary/aromatic N) is 2. The lowest BCUT2D eigenvalue weighted by molar-refractivity contribution is 0.197. The van der Waals surface area contributed by atoms with Crippen molar-refractivity contribution >= 4 is 17.4 Å². The Labute approximate surface area is 154 Å². The van der Waals surface area contributed by atoms with E-state index in [1.165, 1.54) is 15.6 Å². The highest BCUT2D eigenvalue weighted by atomic mass is 32.2. The fraction of sp³-hybridized carbons (Fsp3) is 0.100. The first-order valence-corrected chi connectivity index (χ1v) is 9.05. The van der Waals surface area contributed by atoms with Gasteiger partial charge in [-0.25, -0.2) is 9.50 Å². The van der Waals surface area contributed by atoms with Crippen molar-refractivity contribution in [3.63, 3.8) is 0 Å². The van der Waals surface area contributed by atoms with Crippen molar-refractivity contribution in [1.82, 2.24) is 14.6 Å². The van der Waals surface area contributed by atoms with Crippen LogP contribution in [0.3, 0.4) is 0 Å². The van der Waals surface area contributed by atoms with Crippen LogP contribution in [0.15, 0.2) is 81.6 Å². The highest BCUT2D eigenvalue weighted by Gasteiger charge is 2.14. The van der Waals surface area contributed by atoms with Gasteiger partial charge in [0, 0.05) is 27.7 Å².